The molecule has 0 fully saturated rings. The van der Waals surface area contributed by atoms with Gasteiger partial charge in [0.2, 0.25) is 0 Å². The van der Waals surface area contributed by atoms with Crippen molar-refractivity contribution in [2.24, 2.45) is 11.1 Å². The lowest BCUT2D eigenvalue weighted by atomic mass is 9.87. The van der Waals surface area contributed by atoms with Crippen molar-refractivity contribution in [2.45, 2.75) is 32.7 Å². The molecule has 4 N–H and O–H groups in total. The van der Waals surface area contributed by atoms with Gasteiger partial charge in [-0.15, -0.1) is 0 Å². The van der Waals surface area contributed by atoms with Crippen LogP contribution in [0, 0.1) is 5.41 Å². The first-order valence-corrected chi connectivity index (χ1v) is 9.23. The van der Waals surface area contributed by atoms with Crippen molar-refractivity contribution in [3.05, 3.63) is 0 Å². The minimum absolute atomic E-state index is 0.0167. The maximum absolute atomic E-state index is 11.5. The summed E-state index contributed by atoms with van der Waals surface area (Å²) in [6.07, 6.45) is -0.279. The predicted molar refractivity (Wildman–Crippen MR) is 74.8 cm³/mol. The van der Waals surface area contributed by atoms with Crippen molar-refractivity contribution in [2.75, 3.05) is 18.1 Å². The van der Waals surface area contributed by atoms with Crippen molar-refractivity contribution in [1.29, 1.82) is 0 Å². The zero-order valence-electron chi connectivity index (χ0n) is 11.9. The summed E-state index contributed by atoms with van der Waals surface area (Å²) < 4.78 is 57.2. The van der Waals surface area contributed by atoms with Crippen LogP contribution in [0.4, 0.5) is 0 Å². The van der Waals surface area contributed by atoms with Crippen LogP contribution in [0.3, 0.4) is 0 Å². The number of aliphatic carboxylic acids is 1. The number of hydrogen-bond donors (Lipinski definition) is 3. The molecule has 0 heterocycles. The Balaban J connectivity index is 4.38. The highest BCUT2D eigenvalue weighted by atomic mass is 32.2. The quantitative estimate of drug-likeness (QED) is 0.347. The lowest BCUT2D eigenvalue weighted by molar-refractivity contribution is -0.139. The molecule has 0 rings (SSSR count). The number of rotatable bonds is 10. The van der Waals surface area contributed by atoms with E-state index in [9.17, 15) is 21.6 Å². The van der Waals surface area contributed by atoms with Gasteiger partial charge in [0.05, 0.1) is 18.1 Å². The van der Waals surface area contributed by atoms with Crippen LogP contribution in [-0.4, -0.2) is 56.6 Å². The lowest BCUT2D eigenvalue weighted by Gasteiger charge is -2.25. The topological polar surface area (TPSA) is 161 Å². The SMILES string of the molecule is CC(C)(COS(=O)(=O)CCCS(=O)(=O)O)C[C@@H](N)C(=O)O. The Morgan fingerprint density at radius 3 is 2.19 bits per heavy atom. The van der Waals surface area contributed by atoms with Crippen molar-refractivity contribution >= 4 is 26.2 Å². The van der Waals surface area contributed by atoms with Gasteiger partial charge in [-0.2, -0.15) is 16.8 Å². The Morgan fingerprint density at radius 2 is 1.76 bits per heavy atom. The van der Waals surface area contributed by atoms with Crippen LogP contribution in [0.25, 0.3) is 0 Å². The molecule has 1 atom stereocenters. The standard InChI is InChI=1S/C10H21NO8S2/c1-10(2,6-8(11)9(12)13)7-19-21(17,18)5-3-4-20(14,15)16/h8H,3-7,11H2,1-2H3,(H,12,13)(H,14,15,16)/t8-/m1/s1. The Hall–Kier alpha value is -0.750. The third-order valence-corrected chi connectivity index (χ3v) is 4.59. The molecule has 0 saturated heterocycles. The normalized spacial score (nSPS) is 14.9. The van der Waals surface area contributed by atoms with Gasteiger partial charge in [-0.1, -0.05) is 13.8 Å². The first-order valence-electron chi connectivity index (χ1n) is 6.05. The van der Waals surface area contributed by atoms with Gasteiger partial charge in [-0.25, -0.2) is 0 Å². The lowest BCUT2D eigenvalue weighted by Crippen LogP contribution is -2.37. The van der Waals surface area contributed by atoms with E-state index in [2.05, 4.69) is 0 Å². The number of carboxylic acids is 1. The molecule has 0 amide bonds. The van der Waals surface area contributed by atoms with Crippen molar-refractivity contribution in [3.63, 3.8) is 0 Å². The second-order valence-electron chi connectivity index (χ2n) is 5.48. The van der Waals surface area contributed by atoms with Crippen LogP contribution in [0.15, 0.2) is 0 Å². The molecule has 0 unspecified atom stereocenters. The molecule has 9 nitrogen and oxygen atoms in total. The zero-order chi connectivity index (χ0) is 16.9. The first-order chi connectivity index (χ1) is 9.24. The summed E-state index contributed by atoms with van der Waals surface area (Å²) in [5, 5.41) is 8.70. The Bertz CT molecular complexity index is 552. The molecule has 0 radical (unpaired) electrons. The average Bonchev–Trinajstić information content (AvgIpc) is 2.24. The Kier molecular flexibility index (Phi) is 7.23. The van der Waals surface area contributed by atoms with Gasteiger partial charge in [0.15, 0.2) is 0 Å². The van der Waals surface area contributed by atoms with E-state index in [0.717, 1.165) is 0 Å². The fraction of sp³-hybridized carbons (Fsp3) is 0.900. The molecule has 0 aliphatic heterocycles. The third kappa shape index (κ3) is 10.6. The molecule has 0 bridgehead atoms. The van der Waals surface area contributed by atoms with Crippen LogP contribution in [0.2, 0.25) is 0 Å². The minimum atomic E-state index is -4.22. The maximum atomic E-state index is 11.5. The Morgan fingerprint density at radius 1 is 1.24 bits per heavy atom. The van der Waals surface area contributed by atoms with Gasteiger partial charge in [0.1, 0.15) is 6.04 Å². The second kappa shape index (κ2) is 7.49. The van der Waals surface area contributed by atoms with Crippen molar-refractivity contribution in [3.8, 4) is 0 Å². The van der Waals surface area contributed by atoms with Crippen LogP contribution < -0.4 is 5.73 Å². The first kappa shape index (κ1) is 20.2. The zero-order valence-corrected chi connectivity index (χ0v) is 13.5. The van der Waals surface area contributed by atoms with Crippen LogP contribution in [0.1, 0.15) is 26.7 Å². The number of hydrogen-bond acceptors (Lipinski definition) is 7. The van der Waals surface area contributed by atoms with Crippen molar-refractivity contribution in [1.82, 2.24) is 0 Å². The average molecular weight is 347 g/mol. The summed E-state index contributed by atoms with van der Waals surface area (Å²) in [5.41, 5.74) is 4.59. The molecule has 0 aromatic heterocycles. The van der Waals surface area contributed by atoms with E-state index in [1.165, 1.54) is 0 Å². The van der Waals surface area contributed by atoms with E-state index in [0.29, 0.717) is 0 Å². The number of nitrogens with two attached hydrogens (primary N) is 1. The summed E-state index contributed by atoms with van der Waals surface area (Å²) in [6, 6.07) is -1.13. The molecular weight excluding hydrogens is 326 g/mol. The van der Waals surface area contributed by atoms with E-state index >= 15 is 0 Å². The Labute approximate surface area is 124 Å². The van der Waals surface area contributed by atoms with Gasteiger partial charge >= 0.3 is 5.97 Å². The predicted octanol–water partition coefficient (Wildman–Crippen LogP) is -0.561. The molecule has 0 saturated carbocycles. The molecule has 21 heavy (non-hydrogen) atoms. The number of carboxylic acid groups (broad SMARTS) is 1. The summed E-state index contributed by atoms with van der Waals surface area (Å²) >= 11 is 0. The van der Waals surface area contributed by atoms with Gasteiger partial charge in [0.25, 0.3) is 20.2 Å². The summed E-state index contributed by atoms with van der Waals surface area (Å²) in [7, 11) is -8.17. The van der Waals surface area contributed by atoms with E-state index in [4.69, 9.17) is 19.6 Å². The van der Waals surface area contributed by atoms with Crippen LogP contribution in [0.5, 0.6) is 0 Å². The maximum Gasteiger partial charge on any atom is 0.320 e. The molecule has 0 spiro atoms. The van der Waals surface area contributed by atoms with Crippen molar-refractivity contribution < 1.29 is 35.5 Å². The molecule has 126 valence electrons. The van der Waals surface area contributed by atoms with E-state index < -0.39 is 49.2 Å². The fourth-order valence-electron chi connectivity index (χ4n) is 1.47. The minimum Gasteiger partial charge on any atom is -0.480 e. The van der Waals surface area contributed by atoms with Crippen LogP contribution in [-0.2, 0) is 29.2 Å². The highest BCUT2D eigenvalue weighted by Gasteiger charge is 2.27. The van der Waals surface area contributed by atoms with Gasteiger partial charge in [-0.05, 0) is 18.3 Å². The third-order valence-electron chi connectivity index (χ3n) is 2.52. The van der Waals surface area contributed by atoms with Crippen LogP contribution >= 0.6 is 0 Å². The molecule has 11 heteroatoms. The fourth-order valence-corrected chi connectivity index (χ4v) is 3.27. The number of carbonyl (C=O) groups is 1. The molecule has 0 aromatic rings. The van der Waals surface area contributed by atoms with Gasteiger partial charge < -0.3 is 10.8 Å². The largest absolute Gasteiger partial charge is 0.480 e. The molecule has 0 aliphatic carbocycles. The molecule has 0 aliphatic rings. The van der Waals surface area contributed by atoms with Gasteiger partial charge in [0, 0.05) is 0 Å². The van der Waals surface area contributed by atoms with E-state index in [-0.39, 0.29) is 19.4 Å². The summed E-state index contributed by atoms with van der Waals surface area (Å²) in [5.74, 6) is -2.43. The summed E-state index contributed by atoms with van der Waals surface area (Å²) in [4.78, 5) is 10.6. The second-order valence-corrected chi connectivity index (χ2v) is 8.81. The summed E-state index contributed by atoms with van der Waals surface area (Å²) in [6.45, 7) is 2.93. The monoisotopic (exact) mass is 347 g/mol. The van der Waals surface area contributed by atoms with Gasteiger partial charge in [-0.3, -0.25) is 13.5 Å². The highest BCUT2D eigenvalue weighted by Crippen LogP contribution is 2.23. The molecule has 0 aromatic carbocycles. The van der Waals surface area contributed by atoms with E-state index in [1.807, 2.05) is 0 Å². The highest BCUT2D eigenvalue weighted by molar-refractivity contribution is 7.87. The molecular formula is C10H21NO8S2. The van der Waals surface area contributed by atoms with E-state index in [1.54, 1.807) is 13.8 Å². The smallest absolute Gasteiger partial charge is 0.320 e.